The molecule has 0 saturated heterocycles. The molecule has 0 fully saturated rings. The zero-order valence-corrected chi connectivity index (χ0v) is 27.4. The second-order valence-electron chi connectivity index (χ2n) is 12.4. The molecule has 0 radical (unpaired) electrons. The quantitative estimate of drug-likeness (QED) is 0.0548. The van der Waals surface area contributed by atoms with Gasteiger partial charge in [0.15, 0.2) is 11.4 Å². The molecular formula is C37H70O4. The van der Waals surface area contributed by atoms with Gasteiger partial charge >= 0.3 is 0 Å². The largest absolute Gasteiger partial charge is 0.394 e. The van der Waals surface area contributed by atoms with Crippen molar-refractivity contribution < 1.29 is 20.1 Å². The van der Waals surface area contributed by atoms with Crippen LogP contribution in [-0.2, 0) is 4.79 Å². The third-order valence-corrected chi connectivity index (χ3v) is 8.47. The lowest BCUT2D eigenvalue weighted by Crippen LogP contribution is -2.51. The second kappa shape index (κ2) is 30.5. The van der Waals surface area contributed by atoms with Crippen molar-refractivity contribution in [2.24, 2.45) is 0 Å². The molecule has 0 saturated carbocycles. The summed E-state index contributed by atoms with van der Waals surface area (Å²) in [6.45, 7) is 3.92. The van der Waals surface area contributed by atoms with Crippen molar-refractivity contribution in [3.8, 4) is 0 Å². The molecule has 0 aromatic rings. The first-order chi connectivity index (χ1) is 20.0. The normalized spacial score (nSPS) is 14.3. The van der Waals surface area contributed by atoms with Gasteiger partial charge in [-0.05, 0) is 44.9 Å². The van der Waals surface area contributed by atoms with Gasteiger partial charge in [0.05, 0.1) is 6.61 Å². The number of hydrogen-bond acceptors (Lipinski definition) is 4. The molecule has 1 unspecified atom stereocenters. The average Bonchev–Trinajstić information content (AvgIpc) is 2.98. The minimum atomic E-state index is -1.80. The Labute approximate surface area is 255 Å². The van der Waals surface area contributed by atoms with Gasteiger partial charge in [-0.2, -0.15) is 0 Å². The summed E-state index contributed by atoms with van der Waals surface area (Å²) in [5.41, 5.74) is -1.80. The van der Waals surface area contributed by atoms with Gasteiger partial charge in [-0.25, -0.2) is 0 Å². The third-order valence-electron chi connectivity index (χ3n) is 8.47. The molecule has 4 heteroatoms. The molecule has 2 atom stereocenters. The molecule has 0 aliphatic heterocycles. The molecule has 0 aromatic carbocycles. The lowest BCUT2D eigenvalue weighted by molar-refractivity contribution is -0.156. The molecule has 41 heavy (non-hydrogen) atoms. The standard InChI is InChI=1S/C37H70O4/c1-3-5-7-9-11-13-15-17-18-19-21-23-25-27-29-31-33-37(41,36(40)34-38)35(39)32-30-28-26-24-22-20-16-14-12-10-8-6-4-2/h11,13,17-18,36,38,40-41H,3-10,12,14-16,19-34H2,1-2H3/b13-11-,18-17-/t36-,37?/m0/s1. The fourth-order valence-electron chi connectivity index (χ4n) is 5.55. The van der Waals surface area contributed by atoms with Crippen LogP contribution < -0.4 is 0 Å². The summed E-state index contributed by atoms with van der Waals surface area (Å²) in [5, 5.41) is 30.7. The van der Waals surface area contributed by atoms with Crippen LogP contribution in [0.1, 0.15) is 187 Å². The van der Waals surface area contributed by atoms with Gasteiger partial charge in [0.25, 0.3) is 0 Å². The van der Waals surface area contributed by atoms with E-state index in [-0.39, 0.29) is 18.6 Å². The Morgan fingerprint density at radius 1 is 0.585 bits per heavy atom. The van der Waals surface area contributed by atoms with Crippen LogP contribution in [0.3, 0.4) is 0 Å². The number of ketones is 1. The SMILES string of the molecule is CCCCC/C=C\C/C=C\CCCCCCCCC(O)(C(=O)CCCCCCCCCCCCCCC)[C@@H](O)CO. The van der Waals surface area contributed by atoms with Crippen LogP contribution in [0.25, 0.3) is 0 Å². The van der Waals surface area contributed by atoms with Crippen LogP contribution in [0.15, 0.2) is 24.3 Å². The van der Waals surface area contributed by atoms with E-state index in [1.165, 1.54) is 103 Å². The molecule has 0 aliphatic rings. The number of aliphatic hydroxyl groups is 3. The molecule has 0 aliphatic carbocycles. The van der Waals surface area contributed by atoms with E-state index in [1.54, 1.807) is 0 Å². The number of Topliss-reactive ketones (excluding diaryl/α,β-unsaturated/α-hetero) is 1. The summed E-state index contributed by atoms with van der Waals surface area (Å²) >= 11 is 0. The van der Waals surface area contributed by atoms with Crippen LogP contribution in [0.5, 0.6) is 0 Å². The first-order valence-corrected chi connectivity index (χ1v) is 17.9. The molecule has 0 amide bonds. The minimum absolute atomic E-state index is 0.237. The first-order valence-electron chi connectivity index (χ1n) is 17.9. The van der Waals surface area contributed by atoms with Crippen molar-refractivity contribution in [2.45, 2.75) is 199 Å². The van der Waals surface area contributed by atoms with Crippen LogP contribution in [0.2, 0.25) is 0 Å². The highest BCUT2D eigenvalue weighted by atomic mass is 16.4. The zero-order valence-electron chi connectivity index (χ0n) is 27.4. The average molecular weight is 579 g/mol. The van der Waals surface area contributed by atoms with Gasteiger partial charge in [-0.1, -0.05) is 160 Å². The van der Waals surface area contributed by atoms with Gasteiger partial charge < -0.3 is 15.3 Å². The Kier molecular flexibility index (Phi) is 29.8. The Morgan fingerprint density at radius 2 is 0.976 bits per heavy atom. The highest BCUT2D eigenvalue weighted by molar-refractivity contribution is 5.87. The molecule has 3 N–H and O–H groups in total. The molecule has 4 nitrogen and oxygen atoms in total. The predicted octanol–water partition coefficient (Wildman–Crippen LogP) is 10.3. The number of aliphatic hydroxyl groups excluding tert-OH is 2. The Balaban J connectivity index is 3.88. The van der Waals surface area contributed by atoms with E-state index in [2.05, 4.69) is 38.2 Å². The maximum Gasteiger partial charge on any atom is 0.167 e. The zero-order chi connectivity index (χ0) is 30.3. The van der Waals surface area contributed by atoms with Crippen LogP contribution in [-0.4, -0.2) is 39.4 Å². The number of rotatable bonds is 32. The van der Waals surface area contributed by atoms with E-state index in [0.29, 0.717) is 6.42 Å². The highest BCUT2D eigenvalue weighted by Crippen LogP contribution is 2.25. The topological polar surface area (TPSA) is 77.8 Å². The number of allylic oxidation sites excluding steroid dienone is 4. The van der Waals surface area contributed by atoms with Gasteiger partial charge in [0.1, 0.15) is 6.10 Å². The van der Waals surface area contributed by atoms with Crippen molar-refractivity contribution >= 4 is 5.78 Å². The Hall–Kier alpha value is -0.970. The Bertz CT molecular complexity index is 614. The molecule has 242 valence electrons. The van der Waals surface area contributed by atoms with E-state index in [9.17, 15) is 20.1 Å². The molecule has 0 bridgehead atoms. The summed E-state index contributed by atoms with van der Waals surface area (Å²) in [7, 11) is 0. The van der Waals surface area contributed by atoms with Crippen LogP contribution in [0, 0.1) is 0 Å². The van der Waals surface area contributed by atoms with Gasteiger partial charge in [-0.15, -0.1) is 0 Å². The summed E-state index contributed by atoms with van der Waals surface area (Å²) in [4.78, 5) is 12.8. The predicted molar refractivity (Wildman–Crippen MR) is 177 cm³/mol. The molecule has 0 rings (SSSR count). The fourth-order valence-corrected chi connectivity index (χ4v) is 5.55. The van der Waals surface area contributed by atoms with Gasteiger partial charge in [-0.3, -0.25) is 4.79 Å². The lowest BCUT2D eigenvalue weighted by Gasteiger charge is -2.31. The van der Waals surface area contributed by atoms with Gasteiger partial charge in [0, 0.05) is 6.42 Å². The third kappa shape index (κ3) is 24.2. The van der Waals surface area contributed by atoms with Gasteiger partial charge in [0.2, 0.25) is 0 Å². The van der Waals surface area contributed by atoms with Crippen molar-refractivity contribution in [2.75, 3.05) is 6.61 Å². The molecule has 0 heterocycles. The smallest absolute Gasteiger partial charge is 0.167 e. The molecule has 0 aromatic heterocycles. The minimum Gasteiger partial charge on any atom is -0.394 e. The van der Waals surface area contributed by atoms with Crippen molar-refractivity contribution in [3.05, 3.63) is 24.3 Å². The molecule has 0 spiro atoms. The summed E-state index contributed by atoms with van der Waals surface area (Å²) in [6.07, 6.45) is 37.9. The fraction of sp³-hybridized carbons (Fsp3) is 0.865. The summed E-state index contributed by atoms with van der Waals surface area (Å²) in [5.74, 6) is -0.301. The number of carbonyl (C=O) groups is 1. The van der Waals surface area contributed by atoms with Crippen LogP contribution >= 0.6 is 0 Å². The second-order valence-corrected chi connectivity index (χ2v) is 12.4. The van der Waals surface area contributed by atoms with Crippen molar-refractivity contribution in [1.29, 1.82) is 0 Å². The maximum absolute atomic E-state index is 12.8. The molecular weight excluding hydrogens is 508 g/mol. The monoisotopic (exact) mass is 579 g/mol. The number of carbonyl (C=O) groups excluding carboxylic acids is 1. The van der Waals surface area contributed by atoms with E-state index in [0.717, 1.165) is 51.4 Å². The van der Waals surface area contributed by atoms with Crippen molar-refractivity contribution in [1.82, 2.24) is 0 Å². The van der Waals surface area contributed by atoms with Crippen molar-refractivity contribution in [3.63, 3.8) is 0 Å². The van der Waals surface area contributed by atoms with E-state index in [4.69, 9.17) is 0 Å². The van der Waals surface area contributed by atoms with Crippen LogP contribution in [0.4, 0.5) is 0 Å². The van der Waals surface area contributed by atoms with E-state index < -0.39 is 18.3 Å². The van der Waals surface area contributed by atoms with E-state index in [1.807, 2.05) is 0 Å². The lowest BCUT2D eigenvalue weighted by atomic mass is 9.84. The number of hydrogen-bond donors (Lipinski definition) is 3. The van der Waals surface area contributed by atoms with E-state index >= 15 is 0 Å². The summed E-state index contributed by atoms with van der Waals surface area (Å²) < 4.78 is 0. The maximum atomic E-state index is 12.8. The summed E-state index contributed by atoms with van der Waals surface area (Å²) in [6, 6.07) is 0. The highest BCUT2D eigenvalue weighted by Gasteiger charge is 2.41. The Morgan fingerprint density at radius 3 is 1.46 bits per heavy atom. The first kappa shape index (κ1) is 40.0. The number of unbranched alkanes of at least 4 members (excludes halogenated alkanes) is 21.